The largest absolute Gasteiger partial charge is 0.370 e. The lowest BCUT2D eigenvalue weighted by Crippen LogP contribution is -2.19. The summed E-state index contributed by atoms with van der Waals surface area (Å²) in [6, 6.07) is 9.81. The van der Waals surface area contributed by atoms with Crippen molar-refractivity contribution in [1.82, 2.24) is 9.97 Å². The zero-order valence-corrected chi connectivity index (χ0v) is 12.8. The second-order valence-corrected chi connectivity index (χ2v) is 5.04. The number of anilines is 2. The third-order valence-electron chi connectivity index (χ3n) is 2.94. The molecule has 1 aromatic carbocycles. The van der Waals surface area contributed by atoms with Gasteiger partial charge in [-0.15, -0.1) is 0 Å². The quantitative estimate of drug-likeness (QED) is 0.915. The Bertz CT molecular complexity index is 586. The fraction of sp³-hybridized carbons (Fsp3) is 0.333. The number of aromatic nitrogens is 2. The Kier molecular flexibility index (Phi) is 4.79. The first kappa shape index (κ1) is 14.6. The van der Waals surface area contributed by atoms with Gasteiger partial charge in [-0.2, -0.15) is 0 Å². The Hall–Kier alpha value is -1.81. The van der Waals surface area contributed by atoms with Crippen molar-refractivity contribution in [2.24, 2.45) is 0 Å². The highest BCUT2D eigenvalue weighted by Crippen LogP contribution is 2.20. The van der Waals surface area contributed by atoms with E-state index < -0.39 is 0 Å². The predicted molar refractivity (Wildman–Crippen MR) is 84.5 cm³/mol. The average Bonchev–Trinajstić information content (AvgIpc) is 2.41. The van der Waals surface area contributed by atoms with Crippen LogP contribution in [-0.2, 0) is 6.54 Å². The molecule has 0 saturated carbocycles. The molecule has 106 valence electrons. The maximum atomic E-state index is 6.20. The lowest BCUT2D eigenvalue weighted by atomic mass is 10.2. The minimum atomic E-state index is 0.710. The van der Waals surface area contributed by atoms with Crippen molar-refractivity contribution in [3.63, 3.8) is 0 Å². The first-order valence-corrected chi connectivity index (χ1v) is 7.02. The van der Waals surface area contributed by atoms with Gasteiger partial charge in [-0.1, -0.05) is 29.8 Å². The van der Waals surface area contributed by atoms with E-state index in [1.807, 2.05) is 51.2 Å². The van der Waals surface area contributed by atoms with Gasteiger partial charge in [0.05, 0.1) is 0 Å². The summed E-state index contributed by atoms with van der Waals surface area (Å²) in [5.41, 5.74) is 1.08. The fourth-order valence-electron chi connectivity index (χ4n) is 1.98. The fourth-order valence-corrected chi connectivity index (χ4v) is 2.18. The van der Waals surface area contributed by atoms with E-state index in [9.17, 15) is 0 Å². The van der Waals surface area contributed by atoms with Crippen LogP contribution >= 0.6 is 11.6 Å². The molecule has 0 aliphatic carbocycles. The standard InChI is InChI=1S/C15H19ClN4/c1-4-17-14-9-15(19-11(2)18-14)20(3)10-12-7-5-6-8-13(12)16/h5-9H,4,10H2,1-3H3,(H,17,18,19). The van der Waals surface area contributed by atoms with E-state index in [1.165, 1.54) is 0 Å². The molecule has 0 aliphatic heterocycles. The SMILES string of the molecule is CCNc1cc(N(C)Cc2ccccc2Cl)nc(C)n1. The number of aryl methyl sites for hydroxylation is 1. The highest BCUT2D eigenvalue weighted by atomic mass is 35.5. The Morgan fingerprint density at radius 3 is 2.70 bits per heavy atom. The highest BCUT2D eigenvalue weighted by molar-refractivity contribution is 6.31. The number of hydrogen-bond donors (Lipinski definition) is 1. The van der Waals surface area contributed by atoms with Crippen LogP contribution in [0.15, 0.2) is 30.3 Å². The topological polar surface area (TPSA) is 41.0 Å². The molecular weight excluding hydrogens is 272 g/mol. The zero-order valence-electron chi connectivity index (χ0n) is 12.0. The molecule has 0 amide bonds. The molecular formula is C15H19ClN4. The number of nitrogens with one attached hydrogen (secondary N) is 1. The van der Waals surface area contributed by atoms with Gasteiger partial charge >= 0.3 is 0 Å². The van der Waals surface area contributed by atoms with E-state index in [2.05, 4.69) is 20.2 Å². The first-order valence-electron chi connectivity index (χ1n) is 6.64. The minimum Gasteiger partial charge on any atom is -0.370 e. The van der Waals surface area contributed by atoms with Crippen molar-refractivity contribution < 1.29 is 0 Å². The summed E-state index contributed by atoms with van der Waals surface area (Å²) < 4.78 is 0. The normalized spacial score (nSPS) is 10.4. The molecule has 4 nitrogen and oxygen atoms in total. The van der Waals surface area contributed by atoms with Crippen LogP contribution in [0.3, 0.4) is 0 Å². The molecule has 0 saturated heterocycles. The van der Waals surface area contributed by atoms with Gasteiger partial charge in [0.25, 0.3) is 0 Å². The van der Waals surface area contributed by atoms with Gasteiger partial charge in [0.1, 0.15) is 17.5 Å². The lowest BCUT2D eigenvalue weighted by molar-refractivity contribution is 0.879. The Labute approximate surface area is 124 Å². The van der Waals surface area contributed by atoms with Crippen LogP contribution in [0.4, 0.5) is 11.6 Å². The van der Waals surface area contributed by atoms with Crippen LogP contribution in [0.5, 0.6) is 0 Å². The summed E-state index contributed by atoms with van der Waals surface area (Å²) in [6.45, 7) is 5.49. The number of nitrogens with zero attached hydrogens (tertiary/aromatic N) is 3. The summed E-state index contributed by atoms with van der Waals surface area (Å²) in [6.07, 6.45) is 0. The summed E-state index contributed by atoms with van der Waals surface area (Å²) in [5, 5.41) is 3.99. The van der Waals surface area contributed by atoms with E-state index in [0.29, 0.717) is 6.54 Å². The van der Waals surface area contributed by atoms with E-state index in [4.69, 9.17) is 11.6 Å². The van der Waals surface area contributed by atoms with Crippen LogP contribution in [-0.4, -0.2) is 23.6 Å². The average molecular weight is 291 g/mol. The number of halogens is 1. The molecule has 0 unspecified atom stereocenters. The third-order valence-corrected chi connectivity index (χ3v) is 3.31. The van der Waals surface area contributed by atoms with Crippen molar-refractivity contribution in [3.05, 3.63) is 46.7 Å². The molecule has 0 spiro atoms. The van der Waals surface area contributed by atoms with Gasteiger partial charge in [0, 0.05) is 31.2 Å². The van der Waals surface area contributed by atoms with E-state index >= 15 is 0 Å². The number of hydrogen-bond acceptors (Lipinski definition) is 4. The van der Waals surface area contributed by atoms with E-state index in [-0.39, 0.29) is 0 Å². The van der Waals surface area contributed by atoms with Crippen molar-refractivity contribution in [2.75, 3.05) is 23.8 Å². The van der Waals surface area contributed by atoms with Gasteiger partial charge in [0.2, 0.25) is 0 Å². The molecule has 20 heavy (non-hydrogen) atoms. The molecule has 2 aromatic rings. The molecule has 1 heterocycles. The maximum absolute atomic E-state index is 6.20. The molecule has 0 fully saturated rings. The Morgan fingerprint density at radius 1 is 1.25 bits per heavy atom. The molecule has 1 N–H and O–H groups in total. The van der Waals surface area contributed by atoms with E-state index in [0.717, 1.165) is 34.6 Å². The van der Waals surface area contributed by atoms with Crippen LogP contribution in [0.2, 0.25) is 5.02 Å². The molecule has 5 heteroatoms. The Balaban J connectivity index is 2.20. The predicted octanol–water partition coefficient (Wildman–Crippen LogP) is 3.51. The highest BCUT2D eigenvalue weighted by Gasteiger charge is 2.08. The van der Waals surface area contributed by atoms with Crippen LogP contribution in [0, 0.1) is 6.92 Å². The smallest absolute Gasteiger partial charge is 0.134 e. The van der Waals surface area contributed by atoms with Crippen molar-refractivity contribution in [2.45, 2.75) is 20.4 Å². The number of benzene rings is 1. The summed E-state index contributed by atoms with van der Waals surface area (Å²) in [7, 11) is 2.00. The van der Waals surface area contributed by atoms with Crippen molar-refractivity contribution in [3.8, 4) is 0 Å². The minimum absolute atomic E-state index is 0.710. The monoisotopic (exact) mass is 290 g/mol. The molecule has 0 atom stereocenters. The van der Waals surface area contributed by atoms with Gasteiger partial charge in [-0.05, 0) is 25.5 Å². The van der Waals surface area contributed by atoms with Gasteiger partial charge in [-0.25, -0.2) is 9.97 Å². The van der Waals surface area contributed by atoms with Crippen LogP contribution in [0.1, 0.15) is 18.3 Å². The summed E-state index contributed by atoms with van der Waals surface area (Å²) in [5.74, 6) is 2.49. The molecule has 2 rings (SSSR count). The van der Waals surface area contributed by atoms with Crippen LogP contribution in [0.25, 0.3) is 0 Å². The Morgan fingerprint density at radius 2 is 2.00 bits per heavy atom. The molecule has 0 radical (unpaired) electrons. The second kappa shape index (κ2) is 6.57. The van der Waals surface area contributed by atoms with Gasteiger partial charge in [-0.3, -0.25) is 0 Å². The first-order chi connectivity index (χ1) is 9.60. The zero-order chi connectivity index (χ0) is 14.5. The number of rotatable bonds is 5. The van der Waals surface area contributed by atoms with E-state index in [1.54, 1.807) is 0 Å². The van der Waals surface area contributed by atoms with Crippen LogP contribution < -0.4 is 10.2 Å². The maximum Gasteiger partial charge on any atom is 0.134 e. The third kappa shape index (κ3) is 3.61. The van der Waals surface area contributed by atoms with Crippen molar-refractivity contribution in [1.29, 1.82) is 0 Å². The van der Waals surface area contributed by atoms with Gasteiger partial charge in [0.15, 0.2) is 0 Å². The summed E-state index contributed by atoms with van der Waals surface area (Å²) >= 11 is 6.20. The molecule has 0 aliphatic rings. The van der Waals surface area contributed by atoms with Crippen molar-refractivity contribution >= 4 is 23.2 Å². The molecule has 1 aromatic heterocycles. The molecule has 0 bridgehead atoms. The van der Waals surface area contributed by atoms with Gasteiger partial charge < -0.3 is 10.2 Å². The lowest BCUT2D eigenvalue weighted by Gasteiger charge is -2.20. The second-order valence-electron chi connectivity index (χ2n) is 4.64. The summed E-state index contributed by atoms with van der Waals surface area (Å²) in [4.78, 5) is 10.9.